The Labute approximate surface area is 293 Å². The highest BCUT2D eigenvalue weighted by Gasteiger charge is 2.73. The van der Waals surface area contributed by atoms with Crippen molar-refractivity contribution in [3.8, 4) is 0 Å². The maximum atomic E-state index is 12.8. The van der Waals surface area contributed by atoms with Gasteiger partial charge in [-0.3, -0.25) is 0 Å². The van der Waals surface area contributed by atoms with Crippen molar-refractivity contribution in [3.05, 3.63) is 47.6 Å². The number of rotatable bonds is 7. The van der Waals surface area contributed by atoms with Gasteiger partial charge in [-0.25, -0.2) is 9.59 Å². The minimum Gasteiger partial charge on any atom is -0.462 e. The van der Waals surface area contributed by atoms with E-state index in [0.29, 0.717) is 19.3 Å². The lowest BCUT2D eigenvalue weighted by Crippen LogP contribution is -2.72. The van der Waals surface area contributed by atoms with Crippen LogP contribution in [0.3, 0.4) is 0 Å². The summed E-state index contributed by atoms with van der Waals surface area (Å²) in [4.78, 5) is 25.4. The Balaban J connectivity index is 1.58. The van der Waals surface area contributed by atoms with Crippen molar-refractivity contribution in [3.63, 3.8) is 0 Å². The van der Waals surface area contributed by atoms with Crippen LogP contribution < -0.4 is 0 Å². The summed E-state index contributed by atoms with van der Waals surface area (Å²) in [5, 5.41) is 47.2. The first-order chi connectivity index (χ1) is 22.7. The minimum atomic E-state index is -1.29. The van der Waals surface area contributed by atoms with Gasteiger partial charge in [0.25, 0.3) is 0 Å². The fourth-order valence-corrected chi connectivity index (χ4v) is 11.8. The Morgan fingerprint density at radius 2 is 1.41 bits per heavy atom. The minimum absolute atomic E-state index is 0.0325. The van der Waals surface area contributed by atoms with Gasteiger partial charge >= 0.3 is 11.9 Å². The molecule has 8 heteroatoms. The Bertz CT molecular complexity index is 1430. The third-order valence-electron chi connectivity index (χ3n) is 14.7. The van der Waals surface area contributed by atoms with E-state index < -0.39 is 58.0 Å². The lowest BCUT2D eigenvalue weighted by molar-refractivity contribution is -0.258. The van der Waals surface area contributed by atoms with Crippen LogP contribution in [0.25, 0.3) is 0 Å². The fourth-order valence-electron chi connectivity index (χ4n) is 11.8. The molecule has 4 fully saturated rings. The molecule has 4 N–H and O–H groups in total. The predicted octanol–water partition coefficient (Wildman–Crippen LogP) is 6.23. The molecular formula is C41H62O8. The highest BCUT2D eigenvalue weighted by Crippen LogP contribution is 2.76. The van der Waals surface area contributed by atoms with Crippen LogP contribution in [-0.2, 0) is 19.1 Å². The summed E-state index contributed by atoms with van der Waals surface area (Å²) in [5.74, 6) is -1.06. The number of carbonyl (C=O) groups is 2. The number of allylic oxidation sites excluding steroid dienone is 5. The molecule has 0 saturated heterocycles. The summed E-state index contributed by atoms with van der Waals surface area (Å²) >= 11 is 0. The molecule has 12 atom stereocenters. The Kier molecular flexibility index (Phi) is 9.88. The van der Waals surface area contributed by atoms with Gasteiger partial charge in [-0.15, -0.1) is 6.58 Å². The van der Waals surface area contributed by atoms with Gasteiger partial charge in [0, 0.05) is 17.6 Å². The molecule has 274 valence electrons. The molecule has 0 spiro atoms. The van der Waals surface area contributed by atoms with Crippen LogP contribution in [0.2, 0.25) is 0 Å². The number of aliphatic hydroxyl groups excluding tert-OH is 4. The normalized spacial score (nSPS) is 45.2. The number of carbonyl (C=O) groups excluding carboxylic acids is 2. The fraction of sp³-hybridized carbons (Fsp3) is 0.756. The largest absolute Gasteiger partial charge is 0.462 e. The zero-order valence-corrected chi connectivity index (χ0v) is 31.3. The van der Waals surface area contributed by atoms with Gasteiger partial charge in [0.05, 0.1) is 36.4 Å². The van der Waals surface area contributed by atoms with Gasteiger partial charge in [0.1, 0.15) is 6.61 Å². The van der Waals surface area contributed by atoms with E-state index in [1.807, 2.05) is 41.5 Å². The van der Waals surface area contributed by atoms with Gasteiger partial charge < -0.3 is 29.9 Å². The number of esters is 2. The zero-order chi connectivity index (χ0) is 36.5. The average Bonchev–Trinajstić information content (AvgIpc) is 3.00. The summed E-state index contributed by atoms with van der Waals surface area (Å²) in [6.07, 6.45) is 7.92. The molecule has 0 amide bonds. The molecule has 0 aromatic rings. The summed E-state index contributed by atoms with van der Waals surface area (Å²) in [6.45, 7) is 22.3. The lowest BCUT2D eigenvalue weighted by Gasteiger charge is -2.72. The number of aliphatic hydroxyl groups is 4. The zero-order valence-electron chi connectivity index (χ0n) is 31.3. The average molecular weight is 683 g/mol. The Hall–Kier alpha value is -2.26. The van der Waals surface area contributed by atoms with Crippen LogP contribution in [0.5, 0.6) is 0 Å². The molecule has 5 aliphatic rings. The SMILES string of the molecule is C=C[C@]12CC[C@H](O)[C@](C)(COC(=O)C=C(C)C)C1CC[C@]1(C)C2CC=C2C3CC(C)(C)[C@@H](O)[C@H](O)[C@]3(COC(=O)C=C(C)C)[C@H](O)C[C@]21C. The Morgan fingerprint density at radius 3 is 1.98 bits per heavy atom. The van der Waals surface area contributed by atoms with Crippen LogP contribution in [0.4, 0.5) is 0 Å². The van der Waals surface area contributed by atoms with E-state index in [4.69, 9.17) is 9.47 Å². The number of ether oxygens (including phenoxy) is 2. The van der Waals surface area contributed by atoms with Crippen molar-refractivity contribution in [2.75, 3.05) is 13.2 Å². The van der Waals surface area contributed by atoms with Crippen molar-refractivity contribution in [2.45, 2.75) is 132 Å². The molecule has 5 rings (SSSR count). The van der Waals surface area contributed by atoms with E-state index >= 15 is 0 Å². The molecule has 0 aromatic heterocycles. The van der Waals surface area contributed by atoms with Crippen molar-refractivity contribution in [1.29, 1.82) is 0 Å². The molecule has 0 bridgehead atoms. The van der Waals surface area contributed by atoms with Crippen molar-refractivity contribution in [2.24, 2.45) is 50.2 Å². The Morgan fingerprint density at radius 1 is 0.816 bits per heavy atom. The summed E-state index contributed by atoms with van der Waals surface area (Å²) in [7, 11) is 0. The topological polar surface area (TPSA) is 134 Å². The predicted molar refractivity (Wildman–Crippen MR) is 189 cm³/mol. The first-order valence-corrected chi connectivity index (χ1v) is 18.4. The van der Waals surface area contributed by atoms with Gasteiger partial charge in [-0.2, -0.15) is 0 Å². The van der Waals surface area contributed by atoms with Crippen LogP contribution in [0.15, 0.2) is 47.6 Å². The smallest absolute Gasteiger partial charge is 0.330 e. The van der Waals surface area contributed by atoms with E-state index in [1.165, 1.54) is 17.7 Å². The van der Waals surface area contributed by atoms with E-state index in [2.05, 4.69) is 39.5 Å². The van der Waals surface area contributed by atoms with Crippen LogP contribution in [0.1, 0.15) is 107 Å². The standard InChI is InChI=1S/C41H62O8/c1-11-40-17-15-30(42)37(8,22-48-32(44)18-24(2)3)28(40)14-16-38(9)29(40)13-12-26-27-20-36(6,7)34(46)35(47)41(27,31(43)21-39(26,38)10)23-49-33(45)19-25(4)5/h11-12,18-19,27-31,34-35,42-43,46-47H,1,13-17,20-23H2,2-10H3/t27?,28?,29?,30-,31+,34-,35-,37+,38+,39+,40-,41-/m0/s1. The maximum absolute atomic E-state index is 12.8. The van der Waals surface area contributed by atoms with E-state index in [0.717, 1.165) is 36.8 Å². The van der Waals surface area contributed by atoms with Gasteiger partial charge in [0.15, 0.2) is 0 Å². The van der Waals surface area contributed by atoms with Crippen molar-refractivity contribution in [1.82, 2.24) is 0 Å². The highest BCUT2D eigenvalue weighted by atomic mass is 16.5. The maximum Gasteiger partial charge on any atom is 0.330 e. The number of fused-ring (bicyclic) bond motifs is 7. The quantitative estimate of drug-likeness (QED) is 0.141. The summed E-state index contributed by atoms with van der Waals surface area (Å²) in [6, 6.07) is 0. The third-order valence-corrected chi connectivity index (χ3v) is 14.7. The van der Waals surface area contributed by atoms with E-state index in [1.54, 1.807) is 0 Å². The van der Waals surface area contributed by atoms with Crippen LogP contribution in [0, 0.1) is 50.2 Å². The molecule has 5 aliphatic carbocycles. The van der Waals surface area contributed by atoms with Gasteiger partial charge in [0.2, 0.25) is 0 Å². The molecule has 3 unspecified atom stereocenters. The number of hydrogen-bond acceptors (Lipinski definition) is 8. The van der Waals surface area contributed by atoms with E-state index in [-0.39, 0.29) is 41.8 Å². The molecule has 4 saturated carbocycles. The molecule has 0 aliphatic heterocycles. The molecular weight excluding hydrogens is 620 g/mol. The number of hydrogen-bond donors (Lipinski definition) is 4. The lowest BCUT2D eigenvalue weighted by atomic mass is 9.32. The molecule has 0 heterocycles. The summed E-state index contributed by atoms with van der Waals surface area (Å²) in [5.41, 5.74) is -0.804. The first-order valence-electron chi connectivity index (χ1n) is 18.4. The summed E-state index contributed by atoms with van der Waals surface area (Å²) < 4.78 is 11.6. The molecule has 49 heavy (non-hydrogen) atoms. The molecule has 0 radical (unpaired) electrons. The van der Waals surface area contributed by atoms with Crippen molar-refractivity contribution >= 4 is 11.9 Å². The highest BCUT2D eigenvalue weighted by molar-refractivity contribution is 5.83. The molecule has 8 nitrogen and oxygen atoms in total. The second-order valence-corrected chi connectivity index (χ2v) is 18.3. The van der Waals surface area contributed by atoms with Crippen LogP contribution >= 0.6 is 0 Å². The van der Waals surface area contributed by atoms with Gasteiger partial charge in [-0.1, -0.05) is 63.5 Å². The molecule has 0 aromatic carbocycles. The first kappa shape index (κ1) is 38.0. The van der Waals surface area contributed by atoms with Crippen LogP contribution in [-0.4, -0.2) is 70.0 Å². The second kappa shape index (κ2) is 12.8. The van der Waals surface area contributed by atoms with E-state index in [9.17, 15) is 30.0 Å². The van der Waals surface area contributed by atoms with Gasteiger partial charge in [-0.05, 0) is 112 Å². The van der Waals surface area contributed by atoms with Crippen molar-refractivity contribution < 1.29 is 39.5 Å². The monoisotopic (exact) mass is 682 g/mol. The third kappa shape index (κ3) is 5.62. The second-order valence-electron chi connectivity index (χ2n) is 18.3.